The fourth-order valence-corrected chi connectivity index (χ4v) is 8.29. The van der Waals surface area contributed by atoms with Gasteiger partial charge in [-0.25, -0.2) is 9.97 Å². The van der Waals surface area contributed by atoms with Gasteiger partial charge in [0, 0.05) is 39.1 Å². The maximum atomic E-state index is 14.0. The van der Waals surface area contributed by atoms with Crippen molar-refractivity contribution in [1.29, 1.82) is 0 Å². The summed E-state index contributed by atoms with van der Waals surface area (Å²) in [7, 11) is 3.36. The van der Waals surface area contributed by atoms with Gasteiger partial charge < -0.3 is 30.4 Å². The first-order valence-electron chi connectivity index (χ1n) is 21.6. The molecule has 0 spiro atoms. The summed E-state index contributed by atoms with van der Waals surface area (Å²) >= 11 is 0. The van der Waals surface area contributed by atoms with Crippen LogP contribution in [0.5, 0.6) is 0 Å². The number of imidazole rings is 2. The molecule has 334 valence electrons. The Morgan fingerprint density at radius 3 is 1.21 bits per heavy atom. The van der Waals surface area contributed by atoms with Crippen LogP contribution in [0.1, 0.15) is 134 Å². The number of fused-ring (bicyclic) bond motifs is 2. The predicted molar refractivity (Wildman–Crippen MR) is 245 cm³/mol. The molecule has 0 saturated heterocycles. The third-order valence-electron chi connectivity index (χ3n) is 12.1. The van der Waals surface area contributed by atoms with E-state index in [0.717, 1.165) is 33.2 Å². The summed E-state index contributed by atoms with van der Waals surface area (Å²) < 4.78 is 0. The maximum absolute atomic E-state index is 14.0. The van der Waals surface area contributed by atoms with E-state index in [4.69, 9.17) is 19.9 Å². The highest BCUT2D eigenvalue weighted by Gasteiger charge is 2.44. The van der Waals surface area contributed by atoms with E-state index >= 15 is 0 Å². The minimum atomic E-state index is -1.04. The standard InChI is InChI=1S/C48H68N10O4/c1-27(2)23-47(13,57(15)29(5)59)43(61)55-39(45(7,8)9)41-51-33-19-17-31(21-35(33)53-41)37-25-50-38(26-49-37)32-18-20-34-36(22-32)54-42(52-34)40(46(10,11)12)56-44(62)48(14,24-28(3)4)58(16)30(6)60/h17-22,25-28,39-40H,23-24H2,1-16H3,(H,51,53)(H,52,54)(H,55,61)(H,56,62)/t39-,40-,47?,48?/m1/s1. The van der Waals surface area contributed by atoms with Crippen LogP contribution in [0.2, 0.25) is 0 Å². The Morgan fingerprint density at radius 2 is 0.935 bits per heavy atom. The fraction of sp³-hybridized carbons (Fsp3) is 0.542. The molecule has 0 bridgehead atoms. The van der Waals surface area contributed by atoms with Gasteiger partial charge in [-0.3, -0.25) is 29.1 Å². The summed E-state index contributed by atoms with van der Waals surface area (Å²) in [5.74, 6) is 0.800. The van der Waals surface area contributed by atoms with Gasteiger partial charge in [0.2, 0.25) is 23.6 Å². The van der Waals surface area contributed by atoms with Gasteiger partial charge in [0.05, 0.1) is 57.9 Å². The number of hydrogen-bond donors (Lipinski definition) is 4. The maximum Gasteiger partial charge on any atom is 0.246 e. The number of amides is 4. The second-order valence-electron chi connectivity index (χ2n) is 20.4. The molecule has 4 amide bonds. The summed E-state index contributed by atoms with van der Waals surface area (Å²) in [6.07, 6.45) is 4.50. The van der Waals surface area contributed by atoms with E-state index in [-0.39, 0.29) is 35.5 Å². The smallest absolute Gasteiger partial charge is 0.246 e. The topological polar surface area (TPSA) is 182 Å². The van der Waals surface area contributed by atoms with Crippen molar-refractivity contribution in [2.45, 2.75) is 133 Å². The summed E-state index contributed by atoms with van der Waals surface area (Å²) in [6, 6.07) is 10.8. The highest BCUT2D eigenvalue weighted by Crippen LogP contribution is 2.37. The molecule has 62 heavy (non-hydrogen) atoms. The molecule has 0 radical (unpaired) electrons. The Kier molecular flexibility index (Phi) is 13.5. The van der Waals surface area contributed by atoms with Gasteiger partial charge in [-0.2, -0.15) is 0 Å². The van der Waals surface area contributed by atoms with E-state index in [9.17, 15) is 19.2 Å². The van der Waals surface area contributed by atoms with Crippen LogP contribution in [-0.2, 0) is 19.2 Å². The van der Waals surface area contributed by atoms with E-state index < -0.39 is 34.0 Å². The van der Waals surface area contributed by atoms with Crippen molar-refractivity contribution in [1.82, 2.24) is 50.3 Å². The van der Waals surface area contributed by atoms with Crippen LogP contribution >= 0.6 is 0 Å². The zero-order valence-electron chi connectivity index (χ0n) is 39.7. The lowest BCUT2D eigenvalue weighted by atomic mass is 9.83. The molecule has 14 heteroatoms. The van der Waals surface area contributed by atoms with Crippen LogP contribution in [0.25, 0.3) is 44.6 Å². The van der Waals surface area contributed by atoms with Gasteiger partial charge in [-0.1, -0.05) is 81.4 Å². The van der Waals surface area contributed by atoms with Crippen molar-refractivity contribution in [3.05, 3.63) is 60.4 Å². The molecule has 3 aromatic heterocycles. The van der Waals surface area contributed by atoms with Crippen molar-refractivity contribution in [2.24, 2.45) is 22.7 Å². The number of benzene rings is 2. The monoisotopic (exact) mass is 849 g/mol. The molecule has 14 nitrogen and oxygen atoms in total. The van der Waals surface area contributed by atoms with Gasteiger partial charge in [-0.05, 0) is 73.6 Å². The number of carbonyl (C=O) groups excluding carboxylic acids is 4. The van der Waals surface area contributed by atoms with Crippen molar-refractivity contribution in [3.63, 3.8) is 0 Å². The minimum Gasteiger partial charge on any atom is -0.344 e. The normalized spacial score (nSPS) is 15.3. The lowest BCUT2D eigenvalue weighted by Gasteiger charge is -2.40. The van der Waals surface area contributed by atoms with Gasteiger partial charge in [0.25, 0.3) is 0 Å². The molecule has 2 aromatic carbocycles. The largest absolute Gasteiger partial charge is 0.344 e. The third kappa shape index (κ3) is 10.0. The van der Waals surface area contributed by atoms with Crippen LogP contribution in [0.4, 0.5) is 0 Å². The van der Waals surface area contributed by atoms with E-state index in [2.05, 4.69) is 62.1 Å². The van der Waals surface area contributed by atoms with Gasteiger partial charge in [-0.15, -0.1) is 0 Å². The lowest BCUT2D eigenvalue weighted by molar-refractivity contribution is -0.145. The average molecular weight is 849 g/mol. The van der Waals surface area contributed by atoms with Gasteiger partial charge in [0.15, 0.2) is 0 Å². The molecule has 0 aliphatic carbocycles. The molecule has 2 unspecified atom stereocenters. The first-order valence-corrected chi connectivity index (χ1v) is 21.6. The second-order valence-corrected chi connectivity index (χ2v) is 20.4. The Balaban J connectivity index is 1.39. The Bertz CT molecular complexity index is 2270. The number of H-pyrrole nitrogens is 2. The highest BCUT2D eigenvalue weighted by molar-refractivity contribution is 5.92. The highest BCUT2D eigenvalue weighted by atomic mass is 16.2. The number of nitrogens with one attached hydrogen (secondary N) is 4. The van der Waals surface area contributed by atoms with Crippen LogP contribution in [0, 0.1) is 22.7 Å². The molecule has 3 heterocycles. The SMILES string of the molecule is CC(=O)N(C)C(C)(CC(C)C)C(=O)N[C@H](c1nc2ccc(-c3cnc(-c4ccc5nc([C@@H](NC(=O)C(C)(CC(C)C)N(C)C(C)=O)C(C)(C)C)[nH]c5c4)cn3)cc2[nH]1)C(C)(C)C. The average Bonchev–Trinajstić information content (AvgIpc) is 3.79. The quantitative estimate of drug-likeness (QED) is 0.0858. The van der Waals surface area contributed by atoms with E-state index in [0.29, 0.717) is 35.9 Å². The Labute approximate surface area is 366 Å². The summed E-state index contributed by atoms with van der Waals surface area (Å²) in [6.45, 7) is 27.1. The fourth-order valence-electron chi connectivity index (χ4n) is 8.29. The number of hydrogen-bond acceptors (Lipinski definition) is 8. The van der Waals surface area contributed by atoms with E-state index in [1.807, 2.05) is 77.9 Å². The zero-order chi connectivity index (χ0) is 46.3. The summed E-state index contributed by atoms with van der Waals surface area (Å²) in [4.78, 5) is 82.4. The Hall–Kier alpha value is -5.66. The summed E-state index contributed by atoms with van der Waals surface area (Å²) in [5.41, 5.74) is 3.23. The molecule has 0 fully saturated rings. The Morgan fingerprint density at radius 1 is 0.597 bits per heavy atom. The lowest BCUT2D eigenvalue weighted by Crippen LogP contribution is -2.59. The number of carbonyl (C=O) groups is 4. The number of likely N-dealkylation sites (N-methyl/N-ethyl adjacent to an activating group) is 2. The number of nitrogens with zero attached hydrogens (tertiary/aromatic N) is 6. The number of aromatic amines is 2. The molecule has 0 aliphatic heterocycles. The van der Waals surface area contributed by atoms with Crippen molar-refractivity contribution in [3.8, 4) is 22.5 Å². The van der Waals surface area contributed by atoms with Crippen molar-refractivity contribution < 1.29 is 19.2 Å². The van der Waals surface area contributed by atoms with Crippen molar-refractivity contribution >= 4 is 45.7 Å². The van der Waals surface area contributed by atoms with Crippen LogP contribution < -0.4 is 10.6 Å². The molecular weight excluding hydrogens is 781 g/mol. The molecule has 0 saturated carbocycles. The summed E-state index contributed by atoms with van der Waals surface area (Å²) in [5, 5.41) is 6.50. The minimum absolute atomic E-state index is 0.175. The van der Waals surface area contributed by atoms with Gasteiger partial charge >= 0.3 is 0 Å². The molecule has 4 N–H and O–H groups in total. The molecule has 5 aromatic rings. The molecular formula is C48H68N10O4. The first kappa shape index (κ1) is 47.4. The molecule has 4 atom stereocenters. The first-order chi connectivity index (χ1) is 28.6. The molecule has 5 rings (SSSR count). The van der Waals surface area contributed by atoms with Crippen LogP contribution in [0.15, 0.2) is 48.8 Å². The predicted octanol–water partition coefficient (Wildman–Crippen LogP) is 8.54. The van der Waals surface area contributed by atoms with Crippen LogP contribution in [0.3, 0.4) is 0 Å². The van der Waals surface area contributed by atoms with E-state index in [1.165, 1.54) is 23.6 Å². The van der Waals surface area contributed by atoms with E-state index in [1.54, 1.807) is 26.5 Å². The van der Waals surface area contributed by atoms with Gasteiger partial charge in [0.1, 0.15) is 22.7 Å². The molecule has 0 aliphatic rings. The number of aromatic nitrogens is 6. The third-order valence-corrected chi connectivity index (χ3v) is 12.1. The van der Waals surface area contributed by atoms with Crippen molar-refractivity contribution in [2.75, 3.05) is 14.1 Å². The van der Waals surface area contributed by atoms with Crippen LogP contribution in [-0.4, -0.2) is 88.5 Å². The zero-order valence-corrected chi connectivity index (χ0v) is 39.7. The second kappa shape index (κ2) is 17.6. The number of rotatable bonds is 14.